The minimum absolute atomic E-state index is 0.208. The molecule has 0 bridgehead atoms. The molecule has 7 nitrogen and oxygen atoms in total. The van der Waals surface area contributed by atoms with Gasteiger partial charge >= 0.3 is 5.97 Å². The number of carboxylic acids is 1. The molecule has 20 heavy (non-hydrogen) atoms. The van der Waals surface area contributed by atoms with Gasteiger partial charge in [0, 0.05) is 25.5 Å². The van der Waals surface area contributed by atoms with E-state index in [1.807, 2.05) is 12.1 Å². The van der Waals surface area contributed by atoms with E-state index < -0.39 is 21.2 Å². The molecule has 1 aromatic heterocycles. The maximum absolute atomic E-state index is 11.5. The van der Waals surface area contributed by atoms with Crippen molar-refractivity contribution < 1.29 is 18.3 Å². The number of pyridine rings is 1. The lowest BCUT2D eigenvalue weighted by Gasteiger charge is -2.10. The molecule has 1 atom stereocenters. The number of aromatic nitrogens is 1. The Balaban J connectivity index is 2.18. The van der Waals surface area contributed by atoms with Gasteiger partial charge in [-0.1, -0.05) is 6.07 Å². The van der Waals surface area contributed by atoms with Gasteiger partial charge in [0.1, 0.15) is 0 Å². The lowest BCUT2D eigenvalue weighted by molar-refractivity contribution is -0.136. The number of rotatable bonds is 9. The van der Waals surface area contributed by atoms with Gasteiger partial charge < -0.3 is 10.4 Å². The zero-order valence-electron chi connectivity index (χ0n) is 11.2. The van der Waals surface area contributed by atoms with E-state index >= 15 is 0 Å². The maximum Gasteiger partial charge on any atom is 0.323 e. The molecule has 0 fully saturated rings. The van der Waals surface area contributed by atoms with E-state index in [-0.39, 0.29) is 6.54 Å². The van der Waals surface area contributed by atoms with Gasteiger partial charge in [0.25, 0.3) is 0 Å². The van der Waals surface area contributed by atoms with Crippen LogP contribution in [-0.4, -0.2) is 42.8 Å². The van der Waals surface area contributed by atoms with Gasteiger partial charge in [-0.2, -0.15) is 0 Å². The first-order valence-electron chi connectivity index (χ1n) is 6.24. The van der Waals surface area contributed by atoms with Crippen molar-refractivity contribution in [2.45, 2.75) is 25.1 Å². The van der Waals surface area contributed by atoms with Crippen LogP contribution in [0.2, 0.25) is 0 Å². The van der Waals surface area contributed by atoms with Crippen LogP contribution in [0.4, 0.5) is 0 Å². The Bertz CT molecular complexity index is 519. The molecule has 8 heteroatoms. The third kappa shape index (κ3) is 5.64. The summed E-state index contributed by atoms with van der Waals surface area (Å²) in [6, 6.07) is 3.79. The van der Waals surface area contributed by atoms with Gasteiger partial charge in [0.05, 0.1) is 0 Å². The number of nitrogens with one attached hydrogen (secondary N) is 2. The molecule has 0 amide bonds. The molecule has 0 spiro atoms. The average Bonchev–Trinajstić information content (AvgIpc) is 2.42. The summed E-state index contributed by atoms with van der Waals surface area (Å²) in [5, 5.41) is 10.4. The lowest BCUT2D eigenvalue weighted by Crippen LogP contribution is -2.38. The topological polar surface area (TPSA) is 108 Å². The molecule has 0 radical (unpaired) electrons. The summed E-state index contributed by atoms with van der Waals surface area (Å²) >= 11 is 0. The fraction of sp³-hybridized carbons (Fsp3) is 0.500. The van der Waals surface area contributed by atoms with Crippen molar-refractivity contribution >= 4 is 16.0 Å². The Labute approximate surface area is 118 Å². The van der Waals surface area contributed by atoms with E-state index in [1.54, 1.807) is 12.4 Å². The van der Waals surface area contributed by atoms with E-state index in [0.29, 0.717) is 19.5 Å². The number of hydrogen-bond acceptors (Lipinski definition) is 5. The second-order valence-electron chi connectivity index (χ2n) is 4.31. The summed E-state index contributed by atoms with van der Waals surface area (Å²) in [4.78, 5) is 14.6. The molecule has 0 saturated carbocycles. The summed E-state index contributed by atoms with van der Waals surface area (Å²) in [5.41, 5.74) is 1.05. The molecular weight excluding hydrogens is 282 g/mol. The van der Waals surface area contributed by atoms with Crippen LogP contribution in [-0.2, 0) is 21.4 Å². The molecule has 0 aliphatic heterocycles. The number of hydrogen-bond donors (Lipinski definition) is 3. The van der Waals surface area contributed by atoms with Crippen LogP contribution in [0.1, 0.15) is 18.9 Å². The van der Waals surface area contributed by atoms with Gasteiger partial charge in [-0.05, 0) is 31.5 Å². The third-order valence-corrected chi connectivity index (χ3v) is 4.44. The Morgan fingerprint density at radius 2 is 2.20 bits per heavy atom. The Kier molecular flexibility index (Phi) is 6.56. The molecular formula is C12H19N3O4S. The molecule has 0 aliphatic rings. The number of carbonyl (C=O) groups is 1. The zero-order valence-corrected chi connectivity index (χ0v) is 12.1. The van der Waals surface area contributed by atoms with Crippen LogP contribution in [0.5, 0.6) is 0 Å². The zero-order chi connectivity index (χ0) is 15.0. The van der Waals surface area contributed by atoms with Crippen molar-refractivity contribution in [2.75, 3.05) is 13.1 Å². The predicted molar refractivity (Wildman–Crippen MR) is 74.6 cm³/mol. The molecule has 1 heterocycles. The van der Waals surface area contributed by atoms with Gasteiger partial charge in [-0.15, -0.1) is 0 Å². The first kappa shape index (κ1) is 16.5. The predicted octanol–water partition coefficient (Wildman–Crippen LogP) is -0.0462. The summed E-state index contributed by atoms with van der Waals surface area (Å²) in [7, 11) is -3.79. The van der Waals surface area contributed by atoms with E-state index in [4.69, 9.17) is 5.11 Å². The smallest absolute Gasteiger partial charge is 0.323 e. The Morgan fingerprint density at radius 3 is 2.80 bits per heavy atom. The van der Waals surface area contributed by atoms with Crippen LogP contribution in [0, 0.1) is 0 Å². The van der Waals surface area contributed by atoms with Crippen molar-refractivity contribution in [2.24, 2.45) is 0 Å². The SMILES string of the molecule is CC(C(=O)O)S(=O)(=O)NCCCNCc1cccnc1. The monoisotopic (exact) mass is 301 g/mol. The highest BCUT2D eigenvalue weighted by Crippen LogP contribution is 1.98. The van der Waals surface area contributed by atoms with Gasteiger partial charge in [-0.25, -0.2) is 13.1 Å². The fourth-order valence-electron chi connectivity index (χ4n) is 1.42. The second-order valence-corrected chi connectivity index (χ2v) is 6.40. The van der Waals surface area contributed by atoms with Crippen LogP contribution in [0.25, 0.3) is 0 Å². The highest BCUT2D eigenvalue weighted by Gasteiger charge is 2.26. The van der Waals surface area contributed by atoms with Crippen molar-refractivity contribution in [1.29, 1.82) is 0 Å². The number of carboxylic acid groups (broad SMARTS) is 1. The van der Waals surface area contributed by atoms with Gasteiger partial charge in [0.2, 0.25) is 10.0 Å². The lowest BCUT2D eigenvalue weighted by atomic mass is 10.3. The summed E-state index contributed by atoms with van der Waals surface area (Å²) < 4.78 is 25.3. The highest BCUT2D eigenvalue weighted by molar-refractivity contribution is 7.90. The molecule has 0 aromatic carbocycles. The van der Waals surface area contributed by atoms with Gasteiger partial charge in [-0.3, -0.25) is 9.78 Å². The number of aliphatic carboxylic acids is 1. The van der Waals surface area contributed by atoms with E-state index in [1.165, 1.54) is 0 Å². The standard InChI is InChI=1S/C12H19N3O4S/c1-10(12(16)17)20(18,19)15-7-3-6-14-9-11-4-2-5-13-8-11/h2,4-5,8,10,14-15H,3,6-7,9H2,1H3,(H,16,17). The van der Waals surface area contributed by atoms with E-state index in [9.17, 15) is 13.2 Å². The normalized spacial score (nSPS) is 13.1. The van der Waals surface area contributed by atoms with Crippen molar-refractivity contribution in [3.05, 3.63) is 30.1 Å². The minimum atomic E-state index is -3.79. The Morgan fingerprint density at radius 1 is 1.45 bits per heavy atom. The van der Waals surface area contributed by atoms with Crippen molar-refractivity contribution in [3.63, 3.8) is 0 Å². The van der Waals surface area contributed by atoms with Gasteiger partial charge in [0.15, 0.2) is 5.25 Å². The minimum Gasteiger partial charge on any atom is -0.480 e. The first-order chi connectivity index (χ1) is 9.43. The average molecular weight is 301 g/mol. The van der Waals surface area contributed by atoms with Crippen LogP contribution >= 0.6 is 0 Å². The summed E-state index contributed by atoms with van der Waals surface area (Å²) in [6.07, 6.45) is 4.03. The number of nitrogens with zero attached hydrogens (tertiary/aromatic N) is 1. The molecule has 0 aliphatic carbocycles. The van der Waals surface area contributed by atoms with E-state index in [2.05, 4.69) is 15.0 Å². The van der Waals surface area contributed by atoms with Crippen LogP contribution in [0.15, 0.2) is 24.5 Å². The quantitative estimate of drug-likeness (QED) is 0.552. The number of sulfonamides is 1. The van der Waals surface area contributed by atoms with Crippen LogP contribution < -0.4 is 10.0 Å². The van der Waals surface area contributed by atoms with E-state index in [0.717, 1.165) is 12.5 Å². The fourth-order valence-corrected chi connectivity index (χ4v) is 2.37. The second kappa shape index (κ2) is 7.93. The summed E-state index contributed by atoms with van der Waals surface area (Å²) in [6.45, 7) is 2.64. The van der Waals surface area contributed by atoms with Crippen molar-refractivity contribution in [1.82, 2.24) is 15.0 Å². The molecule has 112 valence electrons. The largest absolute Gasteiger partial charge is 0.480 e. The molecule has 3 N–H and O–H groups in total. The molecule has 1 aromatic rings. The highest BCUT2D eigenvalue weighted by atomic mass is 32.2. The summed E-state index contributed by atoms with van der Waals surface area (Å²) in [5.74, 6) is -1.35. The first-order valence-corrected chi connectivity index (χ1v) is 7.79. The van der Waals surface area contributed by atoms with Crippen molar-refractivity contribution in [3.8, 4) is 0 Å². The Hall–Kier alpha value is -1.51. The molecule has 0 saturated heterocycles. The third-order valence-electron chi connectivity index (χ3n) is 2.70. The molecule has 1 rings (SSSR count). The maximum atomic E-state index is 11.5. The van der Waals surface area contributed by atoms with Crippen LogP contribution in [0.3, 0.4) is 0 Å². The molecule has 1 unspecified atom stereocenters.